The average molecular weight is 453 g/mol. The van der Waals surface area contributed by atoms with Gasteiger partial charge in [0.15, 0.2) is 0 Å². The number of anilines is 1. The van der Waals surface area contributed by atoms with E-state index in [4.69, 9.17) is 34.8 Å². The summed E-state index contributed by atoms with van der Waals surface area (Å²) in [5.41, 5.74) is -0.306. The number of ether oxygens (including phenoxy) is 2. The summed E-state index contributed by atoms with van der Waals surface area (Å²) in [5, 5.41) is -0.137. The van der Waals surface area contributed by atoms with Crippen LogP contribution in [0.4, 0.5) is 5.69 Å². The van der Waals surface area contributed by atoms with E-state index >= 15 is 0 Å². The van der Waals surface area contributed by atoms with Crippen molar-refractivity contribution in [1.82, 2.24) is 0 Å². The Bertz CT molecular complexity index is 1020. The summed E-state index contributed by atoms with van der Waals surface area (Å²) >= 11 is 17.6. The molecule has 0 heterocycles. The number of hydrogen-bond acceptors (Lipinski definition) is 6. The molecule has 1 N–H and O–H groups in total. The van der Waals surface area contributed by atoms with Gasteiger partial charge in [0, 0.05) is 0 Å². The molecule has 0 saturated heterocycles. The maximum absolute atomic E-state index is 12.7. The van der Waals surface area contributed by atoms with Crippen LogP contribution in [0.1, 0.15) is 20.7 Å². The Hall–Kier alpha value is -2.00. The molecule has 0 aliphatic heterocycles. The fourth-order valence-corrected chi connectivity index (χ4v) is 4.14. The lowest BCUT2D eigenvalue weighted by molar-refractivity contribution is 0.0587. The van der Waals surface area contributed by atoms with Crippen molar-refractivity contribution in [2.75, 3.05) is 18.9 Å². The van der Waals surface area contributed by atoms with Crippen LogP contribution in [0.3, 0.4) is 0 Å². The molecular weight excluding hydrogens is 441 g/mol. The fraction of sp³-hybridized carbons (Fsp3) is 0.125. The summed E-state index contributed by atoms with van der Waals surface area (Å²) in [6.45, 7) is 0. The Morgan fingerprint density at radius 1 is 0.889 bits per heavy atom. The van der Waals surface area contributed by atoms with Crippen molar-refractivity contribution >= 4 is 62.5 Å². The Morgan fingerprint density at radius 2 is 1.48 bits per heavy atom. The molecule has 11 heteroatoms. The highest BCUT2D eigenvalue weighted by molar-refractivity contribution is 7.92. The van der Waals surface area contributed by atoms with Crippen molar-refractivity contribution in [2.45, 2.75) is 4.90 Å². The minimum absolute atomic E-state index is 0.0167. The van der Waals surface area contributed by atoms with Gasteiger partial charge in [-0.05, 0) is 30.3 Å². The van der Waals surface area contributed by atoms with Crippen LogP contribution in [0.2, 0.25) is 15.1 Å². The molecule has 0 amide bonds. The Morgan fingerprint density at radius 3 is 2.07 bits per heavy atom. The highest BCUT2D eigenvalue weighted by Gasteiger charge is 2.24. The van der Waals surface area contributed by atoms with E-state index in [1.54, 1.807) is 0 Å². The topological polar surface area (TPSA) is 98.8 Å². The van der Waals surface area contributed by atoms with Gasteiger partial charge in [-0.1, -0.05) is 34.8 Å². The third-order valence-corrected chi connectivity index (χ3v) is 5.91. The molecule has 0 fully saturated rings. The predicted octanol–water partition coefficient (Wildman–Crippen LogP) is 4.02. The summed E-state index contributed by atoms with van der Waals surface area (Å²) < 4.78 is 36.9. The van der Waals surface area contributed by atoms with Crippen molar-refractivity contribution in [3.05, 3.63) is 56.5 Å². The van der Waals surface area contributed by atoms with Gasteiger partial charge >= 0.3 is 11.9 Å². The van der Waals surface area contributed by atoms with Crippen LogP contribution in [-0.2, 0) is 19.5 Å². The Balaban J connectivity index is 2.58. The molecule has 27 heavy (non-hydrogen) atoms. The predicted molar refractivity (Wildman–Crippen MR) is 101 cm³/mol. The van der Waals surface area contributed by atoms with Gasteiger partial charge in [0.05, 0.1) is 46.1 Å². The van der Waals surface area contributed by atoms with Crippen LogP contribution in [0.15, 0.2) is 35.2 Å². The highest BCUT2D eigenvalue weighted by Crippen LogP contribution is 2.33. The summed E-state index contributed by atoms with van der Waals surface area (Å²) in [6, 6.07) is 5.90. The van der Waals surface area contributed by atoms with E-state index in [0.29, 0.717) is 0 Å². The first-order valence-corrected chi connectivity index (χ1v) is 9.70. The van der Waals surface area contributed by atoms with E-state index in [9.17, 15) is 18.0 Å². The number of halogens is 3. The lowest BCUT2D eigenvalue weighted by Crippen LogP contribution is -2.17. The normalized spacial score (nSPS) is 11.0. The molecule has 0 aromatic heterocycles. The van der Waals surface area contributed by atoms with E-state index in [1.807, 2.05) is 0 Å². The van der Waals surface area contributed by atoms with E-state index in [2.05, 4.69) is 14.2 Å². The van der Waals surface area contributed by atoms with Gasteiger partial charge in [0.1, 0.15) is 4.90 Å². The van der Waals surface area contributed by atoms with E-state index in [1.165, 1.54) is 18.2 Å². The number of hydrogen-bond donors (Lipinski definition) is 1. The van der Waals surface area contributed by atoms with Gasteiger partial charge in [-0.3, -0.25) is 4.72 Å². The third-order valence-electron chi connectivity index (χ3n) is 3.35. The molecule has 0 unspecified atom stereocenters. The number of rotatable bonds is 5. The van der Waals surface area contributed by atoms with Gasteiger partial charge in [-0.15, -0.1) is 0 Å². The van der Waals surface area contributed by atoms with Crippen molar-refractivity contribution in [2.24, 2.45) is 0 Å². The van der Waals surface area contributed by atoms with E-state index in [-0.39, 0.29) is 36.8 Å². The molecule has 0 spiro atoms. The second-order valence-electron chi connectivity index (χ2n) is 5.05. The second-order valence-corrected chi connectivity index (χ2v) is 7.92. The summed E-state index contributed by atoms with van der Waals surface area (Å²) in [6.07, 6.45) is 0. The van der Waals surface area contributed by atoms with Crippen LogP contribution in [0, 0.1) is 0 Å². The molecule has 0 aliphatic carbocycles. The number of methoxy groups -OCH3 is 2. The first-order valence-electron chi connectivity index (χ1n) is 7.08. The van der Waals surface area contributed by atoms with Crippen LogP contribution in [0.25, 0.3) is 0 Å². The van der Waals surface area contributed by atoms with Crippen molar-refractivity contribution in [1.29, 1.82) is 0 Å². The third kappa shape index (κ3) is 4.65. The molecule has 0 atom stereocenters. The van der Waals surface area contributed by atoms with Gasteiger partial charge in [-0.25, -0.2) is 18.0 Å². The average Bonchev–Trinajstić information content (AvgIpc) is 2.62. The van der Waals surface area contributed by atoms with Gasteiger partial charge in [-0.2, -0.15) is 0 Å². The number of sulfonamides is 1. The molecule has 0 bridgehead atoms. The Kier molecular flexibility index (Phi) is 6.59. The minimum Gasteiger partial charge on any atom is -0.465 e. The first kappa shape index (κ1) is 21.3. The number of carbonyl (C=O) groups is 2. The zero-order valence-electron chi connectivity index (χ0n) is 13.9. The smallest absolute Gasteiger partial charge is 0.339 e. The zero-order valence-corrected chi connectivity index (χ0v) is 17.0. The van der Waals surface area contributed by atoms with Crippen molar-refractivity contribution in [3.8, 4) is 0 Å². The van der Waals surface area contributed by atoms with E-state index in [0.717, 1.165) is 26.4 Å². The van der Waals surface area contributed by atoms with Gasteiger partial charge < -0.3 is 9.47 Å². The molecule has 2 aromatic rings. The highest BCUT2D eigenvalue weighted by atomic mass is 35.5. The lowest BCUT2D eigenvalue weighted by atomic mass is 10.1. The Labute approximate surface area is 170 Å². The second kappa shape index (κ2) is 8.35. The van der Waals surface area contributed by atoms with Crippen molar-refractivity contribution in [3.63, 3.8) is 0 Å². The first-order chi connectivity index (χ1) is 12.6. The number of carbonyl (C=O) groups excluding carboxylic acids is 2. The van der Waals surface area contributed by atoms with Crippen LogP contribution >= 0.6 is 34.8 Å². The standard InChI is InChI=1S/C16H12Cl3NO6S/c1-25-15(21)8-3-4-9(16(22)26-2)13(5-8)20-27(23,24)14-7-11(18)10(17)6-12(14)19/h3-7,20H,1-2H3. The maximum atomic E-state index is 12.7. The van der Waals surface area contributed by atoms with Crippen LogP contribution in [0.5, 0.6) is 0 Å². The van der Waals surface area contributed by atoms with Crippen molar-refractivity contribution < 1.29 is 27.5 Å². The lowest BCUT2D eigenvalue weighted by Gasteiger charge is -2.14. The molecule has 2 aromatic carbocycles. The SMILES string of the molecule is COC(=O)c1ccc(C(=O)OC)c(NS(=O)(=O)c2cc(Cl)c(Cl)cc2Cl)c1. The fourth-order valence-electron chi connectivity index (χ4n) is 2.07. The summed E-state index contributed by atoms with van der Waals surface area (Å²) in [5.74, 6) is -1.54. The van der Waals surface area contributed by atoms with Crippen LogP contribution in [-0.4, -0.2) is 34.6 Å². The molecule has 0 radical (unpaired) electrons. The van der Waals surface area contributed by atoms with E-state index < -0.39 is 22.0 Å². The monoisotopic (exact) mass is 451 g/mol. The summed E-state index contributed by atoms with van der Waals surface area (Å²) in [4.78, 5) is 23.3. The maximum Gasteiger partial charge on any atom is 0.339 e. The molecule has 0 aliphatic rings. The molecule has 2 rings (SSSR count). The van der Waals surface area contributed by atoms with Gasteiger partial charge in [0.2, 0.25) is 0 Å². The zero-order chi connectivity index (χ0) is 20.4. The quantitative estimate of drug-likeness (QED) is 0.543. The number of esters is 2. The molecule has 0 saturated carbocycles. The van der Waals surface area contributed by atoms with Gasteiger partial charge in [0.25, 0.3) is 10.0 Å². The largest absolute Gasteiger partial charge is 0.465 e. The van der Waals surface area contributed by atoms with Crippen LogP contribution < -0.4 is 4.72 Å². The number of benzene rings is 2. The molecule has 144 valence electrons. The molecule has 7 nitrogen and oxygen atoms in total. The summed E-state index contributed by atoms with van der Waals surface area (Å²) in [7, 11) is -1.99. The number of nitrogens with one attached hydrogen (secondary N) is 1. The minimum atomic E-state index is -4.28. The molecular formula is C16H12Cl3NO6S.